The number of halogens is 2. The molecular formula is C20H25Cl2N5O2. The molecule has 0 saturated heterocycles. The highest BCUT2D eigenvalue weighted by atomic mass is 35.5. The van der Waals surface area contributed by atoms with Crippen molar-refractivity contribution in [2.75, 3.05) is 18.4 Å². The topological polar surface area (TPSA) is 103 Å². The van der Waals surface area contributed by atoms with Gasteiger partial charge in [-0.3, -0.25) is 9.89 Å². The predicted octanol–water partition coefficient (Wildman–Crippen LogP) is 2.70. The molecule has 0 bridgehead atoms. The summed E-state index contributed by atoms with van der Waals surface area (Å²) in [4.78, 5) is 15.9. The Morgan fingerprint density at radius 1 is 1.07 bits per heavy atom. The number of nitrogens with one attached hydrogen (secondary N) is 3. The van der Waals surface area contributed by atoms with Gasteiger partial charge in [0.1, 0.15) is 12.2 Å². The fourth-order valence-electron chi connectivity index (χ4n) is 2.69. The lowest BCUT2D eigenvalue weighted by molar-refractivity contribution is -0.115. The maximum atomic E-state index is 11.9. The van der Waals surface area contributed by atoms with Crippen molar-refractivity contribution in [1.82, 2.24) is 20.5 Å². The number of rotatable bonds is 9. The number of anilines is 1. The van der Waals surface area contributed by atoms with Crippen molar-refractivity contribution in [2.45, 2.75) is 18.9 Å². The number of aliphatic hydroxyl groups is 1. The molecule has 9 heteroatoms. The molecule has 0 radical (unpaired) electrons. The number of aliphatic hydroxyl groups excluding tert-OH is 1. The Morgan fingerprint density at radius 2 is 1.79 bits per heavy atom. The molecule has 0 unspecified atom stereocenters. The second-order valence-corrected chi connectivity index (χ2v) is 6.23. The molecule has 0 aliphatic rings. The van der Waals surface area contributed by atoms with Crippen LogP contribution in [0.1, 0.15) is 23.1 Å². The molecule has 156 valence electrons. The van der Waals surface area contributed by atoms with Gasteiger partial charge < -0.3 is 15.7 Å². The molecular weight excluding hydrogens is 413 g/mol. The smallest absolute Gasteiger partial charge is 0.232 e. The van der Waals surface area contributed by atoms with E-state index in [4.69, 9.17) is 0 Å². The molecule has 1 atom stereocenters. The normalized spacial score (nSPS) is 11.1. The van der Waals surface area contributed by atoms with Crippen molar-refractivity contribution < 1.29 is 9.90 Å². The van der Waals surface area contributed by atoms with Crippen LogP contribution in [0.5, 0.6) is 0 Å². The number of carbonyl (C=O) groups is 1. The van der Waals surface area contributed by atoms with Crippen molar-refractivity contribution in [3.8, 4) is 0 Å². The second kappa shape index (κ2) is 12.9. The van der Waals surface area contributed by atoms with E-state index in [1.807, 2.05) is 54.6 Å². The molecule has 29 heavy (non-hydrogen) atoms. The minimum atomic E-state index is -0.506. The molecule has 3 rings (SSSR count). The molecule has 1 aromatic heterocycles. The van der Waals surface area contributed by atoms with Crippen LogP contribution in [0.25, 0.3) is 0 Å². The molecule has 0 fully saturated rings. The fraction of sp³-hybridized carbons (Fsp3) is 0.250. The van der Waals surface area contributed by atoms with Gasteiger partial charge in [0.05, 0.1) is 12.5 Å². The Hall–Kier alpha value is -2.45. The number of hydrogen-bond acceptors (Lipinski definition) is 5. The average molecular weight is 438 g/mol. The van der Waals surface area contributed by atoms with Gasteiger partial charge in [0.15, 0.2) is 0 Å². The Labute approximate surface area is 182 Å². The number of H-pyrrole nitrogens is 1. The minimum absolute atomic E-state index is 0. The Kier molecular flexibility index (Phi) is 10.9. The first-order chi connectivity index (χ1) is 13.2. The quantitative estimate of drug-likeness (QED) is 0.385. The van der Waals surface area contributed by atoms with Crippen LogP contribution in [0.15, 0.2) is 60.9 Å². The van der Waals surface area contributed by atoms with Crippen LogP contribution >= 0.6 is 24.8 Å². The van der Waals surface area contributed by atoms with E-state index in [1.165, 1.54) is 6.33 Å². The maximum absolute atomic E-state index is 11.9. The number of aromatic amines is 1. The Morgan fingerprint density at radius 3 is 2.45 bits per heavy atom. The van der Waals surface area contributed by atoms with E-state index in [0.717, 1.165) is 29.8 Å². The molecule has 2 aromatic carbocycles. The zero-order valence-electron chi connectivity index (χ0n) is 15.7. The molecule has 1 amide bonds. The van der Waals surface area contributed by atoms with Crippen LogP contribution in [0.2, 0.25) is 0 Å². The number of nitrogens with zero attached hydrogens (tertiary/aromatic N) is 2. The van der Waals surface area contributed by atoms with Crippen LogP contribution < -0.4 is 10.6 Å². The number of carbonyl (C=O) groups excluding carboxylic acids is 1. The van der Waals surface area contributed by atoms with Crippen LogP contribution in [0, 0.1) is 0 Å². The molecule has 0 saturated carbocycles. The van der Waals surface area contributed by atoms with E-state index < -0.39 is 6.10 Å². The Bertz CT molecular complexity index is 830. The summed E-state index contributed by atoms with van der Waals surface area (Å²) in [5.41, 5.74) is 2.82. The van der Waals surface area contributed by atoms with E-state index in [0.29, 0.717) is 12.4 Å². The summed E-state index contributed by atoms with van der Waals surface area (Å²) in [7, 11) is 0. The highest BCUT2D eigenvalue weighted by molar-refractivity contribution is 5.91. The maximum Gasteiger partial charge on any atom is 0.232 e. The monoisotopic (exact) mass is 437 g/mol. The first-order valence-corrected chi connectivity index (χ1v) is 8.87. The summed E-state index contributed by atoms with van der Waals surface area (Å²) >= 11 is 0. The van der Waals surface area contributed by atoms with Gasteiger partial charge in [-0.15, -0.1) is 24.8 Å². The Balaban J connectivity index is 0.00000210. The SMILES string of the molecule is Cl.Cl.O=C(Cc1ncn[nH]1)Nc1ccc(CCNC[C@H](O)c2ccccc2)cc1. The van der Waals surface area contributed by atoms with Gasteiger partial charge in [0.2, 0.25) is 5.91 Å². The van der Waals surface area contributed by atoms with Gasteiger partial charge in [0.25, 0.3) is 0 Å². The first-order valence-electron chi connectivity index (χ1n) is 8.87. The van der Waals surface area contributed by atoms with Gasteiger partial charge in [-0.25, -0.2) is 4.98 Å². The summed E-state index contributed by atoms with van der Waals surface area (Å²) in [6.07, 6.45) is 1.88. The molecule has 7 nitrogen and oxygen atoms in total. The molecule has 0 aliphatic carbocycles. The lowest BCUT2D eigenvalue weighted by Gasteiger charge is -2.12. The van der Waals surface area contributed by atoms with Crippen molar-refractivity contribution >= 4 is 36.4 Å². The molecule has 0 spiro atoms. The van der Waals surface area contributed by atoms with Gasteiger partial charge in [-0.1, -0.05) is 42.5 Å². The molecule has 1 heterocycles. The molecule has 0 aliphatic heterocycles. The van der Waals surface area contributed by atoms with Crippen LogP contribution in [-0.2, 0) is 17.6 Å². The second-order valence-electron chi connectivity index (χ2n) is 6.23. The molecule has 4 N–H and O–H groups in total. The fourth-order valence-corrected chi connectivity index (χ4v) is 2.69. The third-order valence-electron chi connectivity index (χ3n) is 4.14. The summed E-state index contributed by atoms with van der Waals surface area (Å²) in [6, 6.07) is 17.3. The number of benzene rings is 2. The van der Waals surface area contributed by atoms with Crippen molar-refractivity contribution in [1.29, 1.82) is 0 Å². The van der Waals surface area contributed by atoms with Gasteiger partial charge in [-0.05, 0) is 36.2 Å². The van der Waals surface area contributed by atoms with E-state index in [2.05, 4.69) is 25.8 Å². The zero-order chi connectivity index (χ0) is 18.9. The first kappa shape index (κ1) is 24.6. The molecule has 3 aromatic rings. The summed E-state index contributed by atoms with van der Waals surface area (Å²) in [5, 5.41) is 22.6. The van der Waals surface area contributed by atoms with Crippen LogP contribution in [0.4, 0.5) is 5.69 Å². The van der Waals surface area contributed by atoms with E-state index in [-0.39, 0.29) is 37.1 Å². The lowest BCUT2D eigenvalue weighted by atomic mass is 10.1. The largest absolute Gasteiger partial charge is 0.387 e. The summed E-state index contributed by atoms with van der Waals surface area (Å²) < 4.78 is 0. The number of amides is 1. The van der Waals surface area contributed by atoms with Crippen molar-refractivity contribution in [2.24, 2.45) is 0 Å². The zero-order valence-corrected chi connectivity index (χ0v) is 17.4. The number of hydrogen-bond donors (Lipinski definition) is 4. The summed E-state index contributed by atoms with van der Waals surface area (Å²) in [6.45, 7) is 1.28. The highest BCUT2D eigenvalue weighted by Crippen LogP contribution is 2.12. The van der Waals surface area contributed by atoms with E-state index in [1.54, 1.807) is 0 Å². The van der Waals surface area contributed by atoms with Crippen molar-refractivity contribution in [3.05, 3.63) is 77.9 Å². The minimum Gasteiger partial charge on any atom is -0.387 e. The van der Waals surface area contributed by atoms with Crippen molar-refractivity contribution in [3.63, 3.8) is 0 Å². The third kappa shape index (κ3) is 8.21. The third-order valence-corrected chi connectivity index (χ3v) is 4.14. The van der Waals surface area contributed by atoms with Crippen LogP contribution in [0.3, 0.4) is 0 Å². The standard InChI is InChI=1S/C20H23N5O2.2ClH/c26-18(16-4-2-1-3-5-16)13-21-11-10-15-6-8-17(9-7-15)24-20(27)12-19-22-14-23-25-19;;/h1-9,14,18,21,26H,10-13H2,(H,24,27)(H,22,23,25);2*1H/t18-;;/m0../s1. The predicted molar refractivity (Wildman–Crippen MR) is 118 cm³/mol. The summed E-state index contributed by atoms with van der Waals surface area (Å²) in [5.74, 6) is 0.393. The van der Waals surface area contributed by atoms with Gasteiger partial charge in [0, 0.05) is 12.2 Å². The van der Waals surface area contributed by atoms with Gasteiger partial charge >= 0.3 is 0 Å². The number of aromatic nitrogens is 3. The van der Waals surface area contributed by atoms with Gasteiger partial charge in [-0.2, -0.15) is 5.10 Å². The average Bonchev–Trinajstić information content (AvgIpc) is 3.20. The van der Waals surface area contributed by atoms with E-state index >= 15 is 0 Å². The van der Waals surface area contributed by atoms with E-state index in [9.17, 15) is 9.90 Å². The van der Waals surface area contributed by atoms with Crippen LogP contribution in [-0.4, -0.2) is 39.3 Å². The lowest BCUT2D eigenvalue weighted by Crippen LogP contribution is -2.23. The highest BCUT2D eigenvalue weighted by Gasteiger charge is 2.07.